The second-order valence-electron chi connectivity index (χ2n) is 5.88. The molecule has 0 saturated carbocycles. The van der Waals surface area contributed by atoms with Crippen molar-refractivity contribution in [1.82, 2.24) is 9.55 Å². The molecule has 0 atom stereocenters. The average molecular weight is 325 g/mol. The number of ether oxygens (including phenoxy) is 1. The first-order chi connectivity index (χ1) is 11.6. The first kappa shape index (κ1) is 14.7. The summed E-state index contributed by atoms with van der Waals surface area (Å²) in [6, 6.07) is 9.08. The van der Waals surface area contributed by atoms with Gasteiger partial charge in [0.25, 0.3) is 5.56 Å². The SMILES string of the molecule is Cc1cc2c(N3CCOc4ncc(F)cc43)cccc2n(C)c1=O. The monoisotopic (exact) mass is 325 g/mol. The van der Waals surface area contributed by atoms with Crippen LogP contribution in [0.1, 0.15) is 5.56 Å². The van der Waals surface area contributed by atoms with Crippen molar-refractivity contribution in [3.05, 3.63) is 58.3 Å². The largest absolute Gasteiger partial charge is 0.474 e. The smallest absolute Gasteiger partial charge is 0.253 e. The molecule has 0 saturated heterocycles. The predicted octanol–water partition coefficient (Wildman–Crippen LogP) is 2.91. The number of rotatable bonds is 1. The van der Waals surface area contributed by atoms with E-state index < -0.39 is 5.82 Å². The fraction of sp³-hybridized carbons (Fsp3) is 0.222. The molecule has 3 heterocycles. The molecule has 0 radical (unpaired) electrons. The maximum atomic E-state index is 13.7. The maximum absolute atomic E-state index is 13.7. The fourth-order valence-electron chi connectivity index (χ4n) is 3.19. The number of pyridine rings is 2. The van der Waals surface area contributed by atoms with Crippen molar-refractivity contribution >= 4 is 22.3 Å². The van der Waals surface area contributed by atoms with E-state index >= 15 is 0 Å². The summed E-state index contributed by atoms with van der Waals surface area (Å²) in [4.78, 5) is 18.2. The summed E-state index contributed by atoms with van der Waals surface area (Å²) in [5.74, 6) is 0.00858. The van der Waals surface area contributed by atoms with Crippen molar-refractivity contribution in [1.29, 1.82) is 0 Å². The highest BCUT2D eigenvalue weighted by molar-refractivity contribution is 5.95. The Labute approximate surface area is 137 Å². The number of benzene rings is 1. The van der Waals surface area contributed by atoms with Crippen LogP contribution in [0.15, 0.2) is 41.3 Å². The Balaban J connectivity index is 1.99. The molecule has 6 heteroatoms. The molecular formula is C18H16FN3O2. The number of fused-ring (bicyclic) bond motifs is 2. The van der Waals surface area contributed by atoms with Gasteiger partial charge in [-0.3, -0.25) is 4.79 Å². The van der Waals surface area contributed by atoms with E-state index in [0.717, 1.165) is 22.8 Å². The minimum absolute atomic E-state index is 0.0188. The Morgan fingerprint density at radius 3 is 2.92 bits per heavy atom. The summed E-state index contributed by atoms with van der Waals surface area (Å²) in [6.45, 7) is 2.85. The normalized spacial score (nSPS) is 13.7. The van der Waals surface area contributed by atoms with Crippen LogP contribution in [0.3, 0.4) is 0 Å². The minimum Gasteiger partial charge on any atom is -0.474 e. The van der Waals surface area contributed by atoms with Gasteiger partial charge in [-0.25, -0.2) is 9.37 Å². The van der Waals surface area contributed by atoms with Crippen molar-refractivity contribution in [2.24, 2.45) is 7.05 Å². The lowest BCUT2D eigenvalue weighted by Crippen LogP contribution is -2.29. The molecule has 0 spiro atoms. The zero-order valence-electron chi connectivity index (χ0n) is 13.4. The van der Waals surface area contributed by atoms with E-state index in [9.17, 15) is 9.18 Å². The standard InChI is InChI=1S/C18H16FN3O2/c1-11-8-13-14(21(2)18(11)23)4-3-5-15(13)22-6-7-24-17-16(22)9-12(19)10-20-17/h3-5,8-10H,6-7H2,1-2H3. The molecule has 1 aromatic carbocycles. The van der Waals surface area contributed by atoms with Crippen LogP contribution < -0.4 is 15.2 Å². The van der Waals surface area contributed by atoms with Gasteiger partial charge in [0.1, 0.15) is 18.1 Å². The molecular weight excluding hydrogens is 309 g/mol. The van der Waals surface area contributed by atoms with Crippen LogP contribution in [0.4, 0.5) is 15.8 Å². The fourth-order valence-corrected chi connectivity index (χ4v) is 3.19. The zero-order chi connectivity index (χ0) is 16.8. The van der Waals surface area contributed by atoms with Crippen LogP contribution in [0.25, 0.3) is 10.9 Å². The highest BCUT2D eigenvalue weighted by Crippen LogP contribution is 2.38. The molecule has 0 bridgehead atoms. The molecule has 0 N–H and O–H groups in total. The molecule has 0 fully saturated rings. The van der Waals surface area contributed by atoms with Gasteiger partial charge in [-0.05, 0) is 25.1 Å². The molecule has 0 aliphatic carbocycles. The van der Waals surface area contributed by atoms with Crippen LogP contribution in [0.5, 0.6) is 5.88 Å². The molecule has 5 nitrogen and oxygen atoms in total. The zero-order valence-corrected chi connectivity index (χ0v) is 13.4. The Bertz CT molecular complexity index is 1010. The third-order valence-electron chi connectivity index (χ3n) is 4.36. The van der Waals surface area contributed by atoms with Gasteiger partial charge in [0.2, 0.25) is 5.88 Å². The molecule has 0 unspecified atom stereocenters. The van der Waals surface area contributed by atoms with E-state index in [-0.39, 0.29) is 5.56 Å². The van der Waals surface area contributed by atoms with Crippen molar-refractivity contribution in [3.8, 4) is 5.88 Å². The quantitative estimate of drug-likeness (QED) is 0.690. The summed E-state index contributed by atoms with van der Waals surface area (Å²) in [6.07, 6.45) is 1.15. The van der Waals surface area contributed by atoms with E-state index in [1.807, 2.05) is 29.2 Å². The summed E-state index contributed by atoms with van der Waals surface area (Å²) >= 11 is 0. The van der Waals surface area contributed by atoms with Gasteiger partial charge >= 0.3 is 0 Å². The number of nitrogens with zero attached hydrogens (tertiary/aromatic N) is 3. The summed E-state index contributed by atoms with van der Waals surface area (Å²) in [7, 11) is 1.76. The van der Waals surface area contributed by atoms with Crippen molar-refractivity contribution < 1.29 is 9.13 Å². The van der Waals surface area contributed by atoms with Crippen LogP contribution in [-0.2, 0) is 7.05 Å². The van der Waals surface area contributed by atoms with Gasteiger partial charge in [0.05, 0.1) is 23.9 Å². The van der Waals surface area contributed by atoms with E-state index in [0.29, 0.717) is 30.3 Å². The molecule has 3 aromatic rings. The van der Waals surface area contributed by atoms with E-state index in [1.165, 1.54) is 6.07 Å². The van der Waals surface area contributed by atoms with Gasteiger partial charge < -0.3 is 14.2 Å². The lowest BCUT2D eigenvalue weighted by atomic mass is 10.1. The lowest BCUT2D eigenvalue weighted by Gasteiger charge is -2.31. The number of halogens is 1. The number of anilines is 2. The van der Waals surface area contributed by atoms with Gasteiger partial charge in [0.15, 0.2) is 0 Å². The molecule has 0 amide bonds. The molecule has 1 aliphatic heterocycles. The Kier molecular flexibility index (Phi) is 3.26. The first-order valence-electron chi connectivity index (χ1n) is 7.71. The molecule has 24 heavy (non-hydrogen) atoms. The topological polar surface area (TPSA) is 47.4 Å². The summed E-state index contributed by atoms with van der Waals surface area (Å²) in [5, 5.41) is 0.939. The van der Waals surface area contributed by atoms with Crippen LogP contribution in [0, 0.1) is 12.7 Å². The maximum Gasteiger partial charge on any atom is 0.253 e. The third-order valence-corrected chi connectivity index (χ3v) is 4.36. The first-order valence-corrected chi connectivity index (χ1v) is 7.71. The Morgan fingerprint density at radius 2 is 2.08 bits per heavy atom. The molecule has 122 valence electrons. The number of aromatic nitrogens is 2. The predicted molar refractivity (Wildman–Crippen MR) is 90.6 cm³/mol. The highest BCUT2D eigenvalue weighted by atomic mass is 19.1. The summed E-state index contributed by atoms with van der Waals surface area (Å²) in [5.41, 5.74) is 2.99. The van der Waals surface area contributed by atoms with E-state index in [1.54, 1.807) is 18.5 Å². The number of hydrogen-bond acceptors (Lipinski definition) is 4. The molecule has 1 aliphatic rings. The van der Waals surface area contributed by atoms with E-state index in [2.05, 4.69) is 4.98 Å². The average Bonchev–Trinajstić information content (AvgIpc) is 2.59. The third kappa shape index (κ3) is 2.14. The minimum atomic E-state index is -0.409. The molecule has 2 aromatic heterocycles. The second kappa shape index (κ2) is 5.33. The van der Waals surface area contributed by atoms with Gasteiger partial charge in [0, 0.05) is 24.1 Å². The van der Waals surface area contributed by atoms with Gasteiger partial charge in [-0.2, -0.15) is 0 Å². The lowest BCUT2D eigenvalue weighted by molar-refractivity contribution is 0.300. The van der Waals surface area contributed by atoms with Crippen molar-refractivity contribution in [3.63, 3.8) is 0 Å². The van der Waals surface area contributed by atoms with Crippen LogP contribution in [-0.4, -0.2) is 22.7 Å². The van der Waals surface area contributed by atoms with Crippen LogP contribution >= 0.6 is 0 Å². The summed E-state index contributed by atoms with van der Waals surface area (Å²) < 4.78 is 20.9. The second-order valence-corrected chi connectivity index (χ2v) is 5.88. The van der Waals surface area contributed by atoms with E-state index in [4.69, 9.17) is 4.74 Å². The number of aryl methyl sites for hydroxylation is 2. The molecule has 4 rings (SSSR count). The number of hydrogen-bond donors (Lipinski definition) is 0. The van der Waals surface area contributed by atoms with Gasteiger partial charge in [-0.1, -0.05) is 6.07 Å². The van der Waals surface area contributed by atoms with Gasteiger partial charge in [-0.15, -0.1) is 0 Å². The van der Waals surface area contributed by atoms with Crippen molar-refractivity contribution in [2.45, 2.75) is 6.92 Å². The Morgan fingerprint density at radius 1 is 1.25 bits per heavy atom. The Hall–Kier alpha value is -2.89. The highest BCUT2D eigenvalue weighted by Gasteiger charge is 2.23. The van der Waals surface area contributed by atoms with Crippen molar-refractivity contribution in [2.75, 3.05) is 18.1 Å². The van der Waals surface area contributed by atoms with Crippen LogP contribution in [0.2, 0.25) is 0 Å².